The molecule has 0 aliphatic rings. The minimum absolute atomic E-state index is 0.0359. The fourth-order valence-electron chi connectivity index (χ4n) is 1.62. The molecule has 1 aromatic carbocycles. The van der Waals surface area contributed by atoms with Gasteiger partial charge >= 0.3 is 0 Å². The second-order valence-electron chi connectivity index (χ2n) is 3.70. The van der Waals surface area contributed by atoms with Crippen molar-refractivity contribution in [2.45, 2.75) is 19.4 Å². The van der Waals surface area contributed by atoms with Gasteiger partial charge in [-0.25, -0.2) is 4.39 Å². The van der Waals surface area contributed by atoms with Gasteiger partial charge < -0.3 is 5.11 Å². The molecule has 0 fully saturated rings. The molecule has 90 valence electrons. The Labute approximate surface area is 108 Å². The van der Waals surface area contributed by atoms with Gasteiger partial charge in [0.1, 0.15) is 11.9 Å². The average Bonchev–Trinajstić information content (AvgIpc) is 2.80. The summed E-state index contributed by atoms with van der Waals surface area (Å²) in [6.45, 7) is 2.04. The number of aliphatic hydroxyl groups excluding tert-OH is 1. The SMILES string of the molecule is CCc1ccc(C(O)c2cccc(Cl)c2F)s1. The van der Waals surface area contributed by atoms with Crippen LogP contribution in [0.4, 0.5) is 4.39 Å². The zero-order valence-electron chi connectivity index (χ0n) is 9.28. The number of hydrogen-bond donors (Lipinski definition) is 1. The topological polar surface area (TPSA) is 20.2 Å². The standard InChI is InChI=1S/C13H12ClFOS/c1-2-8-6-7-11(17-8)13(16)9-4-3-5-10(14)12(9)15/h3-7,13,16H,2H2,1H3. The molecule has 0 saturated carbocycles. The minimum Gasteiger partial charge on any atom is -0.383 e. The first-order valence-electron chi connectivity index (χ1n) is 5.34. The second kappa shape index (κ2) is 5.17. The average molecular weight is 271 g/mol. The fraction of sp³-hybridized carbons (Fsp3) is 0.231. The molecule has 2 rings (SSSR count). The Bertz CT molecular complexity index is 524. The van der Waals surface area contributed by atoms with Crippen molar-refractivity contribution in [3.05, 3.63) is 56.5 Å². The highest BCUT2D eigenvalue weighted by Gasteiger charge is 2.18. The van der Waals surface area contributed by atoms with E-state index in [9.17, 15) is 9.50 Å². The van der Waals surface area contributed by atoms with Gasteiger partial charge in [-0.15, -0.1) is 11.3 Å². The number of hydrogen-bond acceptors (Lipinski definition) is 2. The van der Waals surface area contributed by atoms with Crippen molar-refractivity contribution < 1.29 is 9.50 Å². The number of rotatable bonds is 3. The monoisotopic (exact) mass is 270 g/mol. The summed E-state index contributed by atoms with van der Waals surface area (Å²) in [7, 11) is 0. The van der Waals surface area contributed by atoms with Crippen LogP contribution in [0.5, 0.6) is 0 Å². The van der Waals surface area contributed by atoms with Crippen molar-refractivity contribution in [2.24, 2.45) is 0 Å². The van der Waals surface area contributed by atoms with Crippen LogP contribution in [-0.4, -0.2) is 5.11 Å². The molecule has 1 unspecified atom stereocenters. The van der Waals surface area contributed by atoms with Crippen LogP contribution < -0.4 is 0 Å². The largest absolute Gasteiger partial charge is 0.383 e. The molecule has 17 heavy (non-hydrogen) atoms. The smallest absolute Gasteiger partial charge is 0.147 e. The molecule has 1 aromatic heterocycles. The van der Waals surface area contributed by atoms with Gasteiger partial charge in [-0.3, -0.25) is 0 Å². The Kier molecular flexibility index (Phi) is 3.82. The summed E-state index contributed by atoms with van der Waals surface area (Å²) in [5, 5.41) is 10.2. The molecule has 0 radical (unpaired) electrons. The summed E-state index contributed by atoms with van der Waals surface area (Å²) in [4.78, 5) is 1.91. The Hall–Kier alpha value is -0.900. The van der Waals surface area contributed by atoms with E-state index in [1.165, 1.54) is 22.3 Å². The third kappa shape index (κ3) is 2.51. The molecule has 0 amide bonds. The van der Waals surface area contributed by atoms with Gasteiger partial charge in [0.2, 0.25) is 0 Å². The summed E-state index contributed by atoms with van der Waals surface area (Å²) < 4.78 is 13.7. The van der Waals surface area contributed by atoms with Gasteiger partial charge in [0.05, 0.1) is 5.02 Å². The Morgan fingerprint density at radius 3 is 2.76 bits per heavy atom. The van der Waals surface area contributed by atoms with Crippen LogP contribution in [0.25, 0.3) is 0 Å². The number of thiophene rings is 1. The maximum Gasteiger partial charge on any atom is 0.147 e. The first kappa shape index (κ1) is 12.6. The van der Waals surface area contributed by atoms with E-state index in [2.05, 4.69) is 0 Å². The Morgan fingerprint density at radius 2 is 2.12 bits per heavy atom. The van der Waals surface area contributed by atoms with E-state index < -0.39 is 11.9 Å². The molecular formula is C13H12ClFOS. The van der Waals surface area contributed by atoms with Crippen LogP contribution in [0.15, 0.2) is 30.3 Å². The molecule has 1 heterocycles. The molecule has 0 spiro atoms. The van der Waals surface area contributed by atoms with Crippen molar-refractivity contribution >= 4 is 22.9 Å². The molecule has 0 saturated heterocycles. The summed E-state index contributed by atoms with van der Waals surface area (Å²) in [6.07, 6.45) is -0.0333. The molecule has 0 aliphatic carbocycles. The normalized spacial score (nSPS) is 12.7. The summed E-state index contributed by atoms with van der Waals surface area (Å²) in [5.41, 5.74) is 0.224. The predicted molar refractivity (Wildman–Crippen MR) is 69.2 cm³/mol. The highest BCUT2D eigenvalue weighted by atomic mass is 35.5. The van der Waals surface area contributed by atoms with Crippen LogP contribution in [0, 0.1) is 5.82 Å². The van der Waals surface area contributed by atoms with Crippen LogP contribution in [0.1, 0.15) is 28.3 Å². The van der Waals surface area contributed by atoms with Crippen molar-refractivity contribution in [2.75, 3.05) is 0 Å². The quantitative estimate of drug-likeness (QED) is 0.887. The molecule has 0 bridgehead atoms. The molecule has 1 nitrogen and oxygen atoms in total. The van der Waals surface area contributed by atoms with Crippen LogP contribution >= 0.6 is 22.9 Å². The first-order chi connectivity index (χ1) is 8.13. The van der Waals surface area contributed by atoms with Gasteiger partial charge in [-0.05, 0) is 24.6 Å². The van der Waals surface area contributed by atoms with Crippen molar-refractivity contribution in [1.29, 1.82) is 0 Å². The third-order valence-corrected chi connectivity index (χ3v) is 4.15. The van der Waals surface area contributed by atoms with E-state index in [1.54, 1.807) is 12.1 Å². The maximum atomic E-state index is 13.7. The fourth-order valence-corrected chi connectivity index (χ4v) is 2.76. The molecule has 2 aromatic rings. The van der Waals surface area contributed by atoms with Gasteiger partial charge in [-0.1, -0.05) is 30.7 Å². The van der Waals surface area contributed by atoms with Gasteiger partial charge in [0.25, 0.3) is 0 Å². The zero-order valence-corrected chi connectivity index (χ0v) is 10.9. The molecular weight excluding hydrogens is 259 g/mol. The van der Waals surface area contributed by atoms with E-state index in [4.69, 9.17) is 11.6 Å². The lowest BCUT2D eigenvalue weighted by Gasteiger charge is -2.10. The Morgan fingerprint density at radius 1 is 1.35 bits per heavy atom. The van der Waals surface area contributed by atoms with Crippen LogP contribution in [-0.2, 0) is 6.42 Å². The Balaban J connectivity index is 2.36. The summed E-state index contributed by atoms with van der Waals surface area (Å²) >= 11 is 7.19. The van der Waals surface area contributed by atoms with E-state index in [1.807, 2.05) is 19.1 Å². The third-order valence-electron chi connectivity index (χ3n) is 2.58. The highest BCUT2D eigenvalue weighted by Crippen LogP contribution is 2.32. The number of halogens is 2. The van der Waals surface area contributed by atoms with E-state index in [0.29, 0.717) is 0 Å². The molecule has 1 atom stereocenters. The lowest BCUT2D eigenvalue weighted by atomic mass is 10.1. The van der Waals surface area contributed by atoms with Crippen LogP contribution in [0.2, 0.25) is 5.02 Å². The second-order valence-corrected chi connectivity index (χ2v) is 5.31. The van der Waals surface area contributed by atoms with E-state index in [-0.39, 0.29) is 10.6 Å². The van der Waals surface area contributed by atoms with Gasteiger partial charge in [-0.2, -0.15) is 0 Å². The highest BCUT2D eigenvalue weighted by molar-refractivity contribution is 7.12. The number of aryl methyl sites for hydroxylation is 1. The van der Waals surface area contributed by atoms with E-state index >= 15 is 0 Å². The summed E-state index contributed by atoms with van der Waals surface area (Å²) in [5.74, 6) is -0.548. The van der Waals surface area contributed by atoms with Gasteiger partial charge in [0, 0.05) is 15.3 Å². The maximum absolute atomic E-state index is 13.7. The van der Waals surface area contributed by atoms with E-state index in [0.717, 1.165) is 11.3 Å². The minimum atomic E-state index is -0.945. The predicted octanol–water partition coefficient (Wildman–Crippen LogP) is 4.18. The molecule has 4 heteroatoms. The number of aliphatic hydroxyl groups is 1. The van der Waals surface area contributed by atoms with Crippen molar-refractivity contribution in [1.82, 2.24) is 0 Å². The van der Waals surface area contributed by atoms with Crippen LogP contribution in [0.3, 0.4) is 0 Å². The van der Waals surface area contributed by atoms with Crippen molar-refractivity contribution in [3.63, 3.8) is 0 Å². The van der Waals surface area contributed by atoms with Gasteiger partial charge in [0.15, 0.2) is 0 Å². The summed E-state index contributed by atoms with van der Waals surface area (Å²) in [6, 6.07) is 8.44. The lowest BCUT2D eigenvalue weighted by Crippen LogP contribution is -2.00. The first-order valence-corrected chi connectivity index (χ1v) is 6.53. The van der Waals surface area contributed by atoms with Crippen molar-refractivity contribution in [3.8, 4) is 0 Å². The lowest BCUT2D eigenvalue weighted by molar-refractivity contribution is 0.219. The molecule has 0 aliphatic heterocycles. The zero-order chi connectivity index (χ0) is 12.4. The number of benzene rings is 1. The molecule has 1 N–H and O–H groups in total.